The maximum Gasteiger partial charge on any atom is 0.349 e. The topological polar surface area (TPSA) is 72.3 Å². The van der Waals surface area contributed by atoms with E-state index in [1.54, 1.807) is 0 Å². The fourth-order valence-corrected chi connectivity index (χ4v) is 1.91. The number of ether oxygens (including phenoxy) is 1. The van der Waals surface area contributed by atoms with Gasteiger partial charge in [0.15, 0.2) is 4.88 Å². The predicted octanol–water partition coefficient (Wildman–Crippen LogP) is 2.05. The summed E-state index contributed by atoms with van der Waals surface area (Å²) in [6.07, 6.45) is 0. The maximum atomic E-state index is 13.7. The van der Waals surface area contributed by atoms with Crippen molar-refractivity contribution in [1.82, 2.24) is 9.59 Å². The molecule has 1 aromatic heterocycles. The summed E-state index contributed by atoms with van der Waals surface area (Å²) in [6, 6.07) is 4.21. The van der Waals surface area contributed by atoms with E-state index in [1.165, 1.54) is 25.3 Å². The van der Waals surface area contributed by atoms with Gasteiger partial charge in [-0.1, -0.05) is 10.6 Å². The number of carboxylic acids is 1. The van der Waals surface area contributed by atoms with Crippen LogP contribution in [-0.2, 0) is 0 Å². The Balaban J connectivity index is 2.68. The van der Waals surface area contributed by atoms with Gasteiger partial charge in [-0.3, -0.25) is 0 Å². The summed E-state index contributed by atoms with van der Waals surface area (Å²) in [5.41, 5.74) is -0.00130. The quantitative estimate of drug-likeness (QED) is 0.907. The van der Waals surface area contributed by atoms with Crippen LogP contribution in [0.1, 0.15) is 9.67 Å². The van der Waals surface area contributed by atoms with E-state index in [9.17, 15) is 9.18 Å². The van der Waals surface area contributed by atoms with Crippen LogP contribution in [0.25, 0.3) is 11.3 Å². The summed E-state index contributed by atoms with van der Waals surface area (Å²) in [6.45, 7) is 0. The van der Waals surface area contributed by atoms with Gasteiger partial charge in [0.25, 0.3) is 0 Å². The van der Waals surface area contributed by atoms with Gasteiger partial charge in [-0.2, -0.15) is 0 Å². The number of carbonyl (C=O) groups is 1. The first-order valence-electron chi connectivity index (χ1n) is 4.53. The summed E-state index contributed by atoms with van der Waals surface area (Å²) in [5, 5.41) is 12.6. The van der Waals surface area contributed by atoms with E-state index in [4.69, 9.17) is 9.84 Å². The third kappa shape index (κ3) is 1.96. The average Bonchev–Trinajstić information content (AvgIpc) is 2.77. The van der Waals surface area contributed by atoms with Gasteiger partial charge in [-0.25, -0.2) is 9.18 Å². The van der Waals surface area contributed by atoms with Crippen molar-refractivity contribution in [2.45, 2.75) is 0 Å². The molecule has 0 fully saturated rings. The van der Waals surface area contributed by atoms with Gasteiger partial charge in [0.05, 0.1) is 12.7 Å². The minimum absolute atomic E-state index is 0.0150. The number of halogens is 1. The molecule has 0 atom stereocenters. The van der Waals surface area contributed by atoms with Crippen LogP contribution in [0.3, 0.4) is 0 Å². The van der Waals surface area contributed by atoms with Crippen LogP contribution in [0.15, 0.2) is 18.2 Å². The summed E-state index contributed by atoms with van der Waals surface area (Å²) < 4.78 is 22.2. The van der Waals surface area contributed by atoms with Gasteiger partial charge in [0.2, 0.25) is 0 Å². The monoisotopic (exact) mass is 254 g/mol. The van der Waals surface area contributed by atoms with Crippen molar-refractivity contribution >= 4 is 17.5 Å². The minimum atomic E-state index is -1.19. The minimum Gasteiger partial charge on any atom is -0.496 e. The first-order valence-corrected chi connectivity index (χ1v) is 5.31. The molecule has 0 saturated heterocycles. The molecule has 0 saturated carbocycles. The molecule has 5 nitrogen and oxygen atoms in total. The lowest BCUT2D eigenvalue weighted by Crippen LogP contribution is -1.99. The molecule has 1 heterocycles. The molecule has 1 aromatic carbocycles. The molecular formula is C10H7FN2O3S. The third-order valence-corrected chi connectivity index (χ3v) is 2.83. The van der Waals surface area contributed by atoms with Crippen molar-refractivity contribution in [2.75, 3.05) is 7.11 Å². The van der Waals surface area contributed by atoms with Crippen molar-refractivity contribution < 1.29 is 19.0 Å². The third-order valence-electron chi connectivity index (χ3n) is 2.11. The summed E-state index contributed by atoms with van der Waals surface area (Å²) in [7, 11) is 1.37. The zero-order valence-corrected chi connectivity index (χ0v) is 9.49. The van der Waals surface area contributed by atoms with Gasteiger partial charge >= 0.3 is 5.97 Å². The highest BCUT2D eigenvalue weighted by atomic mass is 32.1. The van der Waals surface area contributed by atoms with Gasteiger partial charge in [-0.15, -0.1) is 5.10 Å². The van der Waals surface area contributed by atoms with Crippen molar-refractivity contribution in [2.24, 2.45) is 0 Å². The molecule has 2 rings (SSSR count). The van der Waals surface area contributed by atoms with Crippen LogP contribution in [0.5, 0.6) is 5.75 Å². The second-order valence-electron chi connectivity index (χ2n) is 3.07. The largest absolute Gasteiger partial charge is 0.496 e. The van der Waals surface area contributed by atoms with Gasteiger partial charge in [0, 0.05) is 0 Å². The van der Waals surface area contributed by atoms with E-state index in [0.717, 1.165) is 0 Å². The molecule has 0 aliphatic heterocycles. The molecule has 7 heteroatoms. The van der Waals surface area contributed by atoms with Gasteiger partial charge in [-0.05, 0) is 23.7 Å². The van der Waals surface area contributed by atoms with E-state index in [-0.39, 0.29) is 21.9 Å². The summed E-state index contributed by atoms with van der Waals surface area (Å²) >= 11 is 0.698. The lowest BCUT2D eigenvalue weighted by atomic mass is 10.1. The Bertz CT molecular complexity index is 570. The molecule has 0 aliphatic rings. The molecule has 2 aromatic rings. The molecule has 0 aliphatic carbocycles. The van der Waals surface area contributed by atoms with Gasteiger partial charge in [0.1, 0.15) is 17.3 Å². The second-order valence-corrected chi connectivity index (χ2v) is 3.83. The number of aromatic nitrogens is 2. The SMILES string of the molecule is COc1cccc(F)c1-c1nnsc1C(=O)O. The normalized spacial score (nSPS) is 10.2. The molecule has 1 N–H and O–H groups in total. The molecule has 0 unspecified atom stereocenters. The predicted molar refractivity (Wildman–Crippen MR) is 58.8 cm³/mol. The molecule has 88 valence electrons. The fraction of sp³-hybridized carbons (Fsp3) is 0.100. The van der Waals surface area contributed by atoms with Crippen LogP contribution in [0.4, 0.5) is 4.39 Å². The summed E-state index contributed by atoms with van der Waals surface area (Å²) in [4.78, 5) is 10.8. The molecular weight excluding hydrogens is 247 g/mol. The molecule has 0 spiro atoms. The van der Waals surface area contributed by atoms with Crippen LogP contribution >= 0.6 is 11.5 Å². The number of nitrogens with zero attached hydrogens (tertiary/aromatic N) is 2. The summed E-state index contributed by atoms with van der Waals surface area (Å²) in [5.74, 6) is -1.57. The van der Waals surface area contributed by atoms with Crippen molar-refractivity contribution in [3.8, 4) is 17.0 Å². The Kier molecular flexibility index (Phi) is 3.01. The highest BCUT2D eigenvalue weighted by molar-refractivity contribution is 7.08. The lowest BCUT2D eigenvalue weighted by Gasteiger charge is -2.07. The first kappa shape index (κ1) is 11.5. The average molecular weight is 254 g/mol. The number of aromatic carboxylic acids is 1. The number of carboxylic acid groups (broad SMARTS) is 1. The Morgan fingerprint density at radius 3 is 2.94 bits per heavy atom. The van der Waals surface area contributed by atoms with Crippen LogP contribution in [0, 0.1) is 5.82 Å². The zero-order valence-electron chi connectivity index (χ0n) is 8.68. The zero-order chi connectivity index (χ0) is 12.4. The number of methoxy groups -OCH3 is 1. The Morgan fingerprint density at radius 2 is 2.29 bits per heavy atom. The van der Waals surface area contributed by atoms with Crippen LogP contribution in [-0.4, -0.2) is 27.8 Å². The number of hydrogen-bond acceptors (Lipinski definition) is 5. The number of benzene rings is 1. The highest BCUT2D eigenvalue weighted by Gasteiger charge is 2.22. The van der Waals surface area contributed by atoms with E-state index >= 15 is 0 Å². The Labute approximate surface area is 99.6 Å². The standard InChI is InChI=1S/C10H7FN2O3S/c1-16-6-4-2-3-5(11)7(6)8-9(10(14)15)17-13-12-8/h2-4H,1H3,(H,14,15). The Hall–Kier alpha value is -2.02. The van der Waals surface area contributed by atoms with E-state index in [1.807, 2.05) is 0 Å². The lowest BCUT2D eigenvalue weighted by molar-refractivity contribution is 0.0702. The van der Waals surface area contributed by atoms with Crippen LogP contribution < -0.4 is 4.74 Å². The highest BCUT2D eigenvalue weighted by Crippen LogP contribution is 2.34. The molecule has 17 heavy (non-hydrogen) atoms. The molecule has 0 amide bonds. The maximum absolute atomic E-state index is 13.7. The van der Waals surface area contributed by atoms with Crippen molar-refractivity contribution in [1.29, 1.82) is 0 Å². The Morgan fingerprint density at radius 1 is 1.53 bits per heavy atom. The smallest absolute Gasteiger partial charge is 0.349 e. The second kappa shape index (κ2) is 4.46. The number of rotatable bonds is 3. The van der Waals surface area contributed by atoms with Crippen molar-refractivity contribution in [3.05, 3.63) is 28.9 Å². The number of hydrogen-bond donors (Lipinski definition) is 1. The van der Waals surface area contributed by atoms with Crippen molar-refractivity contribution in [3.63, 3.8) is 0 Å². The molecule has 0 bridgehead atoms. The van der Waals surface area contributed by atoms with Crippen LogP contribution in [0.2, 0.25) is 0 Å². The van der Waals surface area contributed by atoms with E-state index < -0.39 is 11.8 Å². The first-order chi connectivity index (χ1) is 8.15. The molecule has 0 radical (unpaired) electrons. The van der Waals surface area contributed by atoms with E-state index in [2.05, 4.69) is 9.59 Å². The fourth-order valence-electron chi connectivity index (χ4n) is 1.40. The van der Waals surface area contributed by atoms with E-state index in [0.29, 0.717) is 11.5 Å². The van der Waals surface area contributed by atoms with Gasteiger partial charge < -0.3 is 9.84 Å².